The molecule has 0 spiro atoms. The van der Waals surface area contributed by atoms with Crippen molar-refractivity contribution in [2.24, 2.45) is 5.16 Å². The van der Waals surface area contributed by atoms with Gasteiger partial charge in [0.25, 0.3) is 0 Å². The Balaban J connectivity index is 2.58. The van der Waals surface area contributed by atoms with Crippen LogP contribution in [-0.4, -0.2) is 38.6 Å². The summed E-state index contributed by atoms with van der Waals surface area (Å²) in [6.07, 6.45) is 4.72. The highest BCUT2D eigenvalue weighted by Gasteiger charge is 2.29. The molecule has 0 fully saturated rings. The quantitative estimate of drug-likeness (QED) is 0.458. The summed E-state index contributed by atoms with van der Waals surface area (Å²) in [7, 11) is 2.87. The number of oxime groups is 1. The first-order valence-corrected chi connectivity index (χ1v) is 6.85. The van der Waals surface area contributed by atoms with E-state index >= 15 is 0 Å². The minimum Gasteiger partial charge on any atom is -0.496 e. The summed E-state index contributed by atoms with van der Waals surface area (Å²) in [5.74, 6) is -0.0252. The fraction of sp³-hybridized carbons (Fsp3) is 0.312. The third-order valence-corrected chi connectivity index (χ3v) is 3.14. The number of carbonyl (C=O) groups is 2. The lowest BCUT2D eigenvalue weighted by molar-refractivity contribution is 0.0989. The van der Waals surface area contributed by atoms with Gasteiger partial charge in [0.05, 0.1) is 31.6 Å². The van der Waals surface area contributed by atoms with Crippen molar-refractivity contribution in [3.8, 4) is 11.5 Å². The van der Waals surface area contributed by atoms with E-state index in [0.717, 1.165) is 6.42 Å². The predicted octanol–water partition coefficient (Wildman–Crippen LogP) is 2.40. The molecule has 0 atom stereocenters. The lowest BCUT2D eigenvalue weighted by Crippen LogP contribution is -2.16. The molecule has 0 unspecified atom stereocenters. The summed E-state index contributed by atoms with van der Waals surface area (Å²) < 4.78 is 10.5. The van der Waals surface area contributed by atoms with E-state index in [9.17, 15) is 9.59 Å². The topological polar surface area (TPSA) is 74.2 Å². The molecule has 1 aliphatic carbocycles. The molecule has 0 aromatic heterocycles. The maximum Gasteiger partial charge on any atom is 0.190 e. The monoisotopic (exact) mass is 303 g/mol. The average molecular weight is 303 g/mol. The molecule has 0 N–H and O–H groups in total. The van der Waals surface area contributed by atoms with Gasteiger partial charge in [0.2, 0.25) is 0 Å². The minimum atomic E-state index is -0.311. The van der Waals surface area contributed by atoms with Gasteiger partial charge in [-0.1, -0.05) is 12.1 Å². The van der Waals surface area contributed by atoms with Crippen molar-refractivity contribution in [3.63, 3.8) is 0 Å². The number of ketones is 2. The number of ether oxygens (including phenoxy) is 2. The summed E-state index contributed by atoms with van der Waals surface area (Å²) >= 11 is 0. The smallest absolute Gasteiger partial charge is 0.190 e. The molecule has 0 radical (unpaired) electrons. The summed E-state index contributed by atoms with van der Waals surface area (Å²) in [6.45, 7) is 2.45. The van der Waals surface area contributed by atoms with Gasteiger partial charge in [0, 0.05) is 5.56 Å². The van der Waals surface area contributed by atoms with Crippen LogP contribution in [0.5, 0.6) is 11.5 Å². The molecular weight excluding hydrogens is 286 g/mol. The highest BCUT2D eigenvalue weighted by atomic mass is 16.6. The van der Waals surface area contributed by atoms with Crippen LogP contribution in [0, 0.1) is 0 Å². The van der Waals surface area contributed by atoms with E-state index in [1.807, 2.05) is 6.92 Å². The van der Waals surface area contributed by atoms with Crippen molar-refractivity contribution in [2.75, 3.05) is 20.8 Å². The number of allylic oxidation sites excluding steroid dienone is 2. The van der Waals surface area contributed by atoms with Crippen molar-refractivity contribution >= 4 is 17.8 Å². The van der Waals surface area contributed by atoms with Crippen LogP contribution in [0.4, 0.5) is 0 Å². The number of hydrogen-bond acceptors (Lipinski definition) is 6. The lowest BCUT2D eigenvalue weighted by atomic mass is 9.91. The first-order valence-electron chi connectivity index (χ1n) is 6.85. The van der Waals surface area contributed by atoms with E-state index in [0.29, 0.717) is 17.9 Å². The second-order valence-electron chi connectivity index (χ2n) is 4.58. The van der Waals surface area contributed by atoms with Crippen LogP contribution >= 0.6 is 0 Å². The van der Waals surface area contributed by atoms with Gasteiger partial charge < -0.3 is 14.3 Å². The zero-order valence-corrected chi connectivity index (χ0v) is 12.7. The number of benzene rings is 1. The largest absolute Gasteiger partial charge is 0.496 e. The van der Waals surface area contributed by atoms with Crippen molar-refractivity contribution in [2.45, 2.75) is 13.3 Å². The second kappa shape index (κ2) is 6.89. The van der Waals surface area contributed by atoms with Crippen molar-refractivity contribution in [1.29, 1.82) is 0 Å². The summed E-state index contributed by atoms with van der Waals surface area (Å²) in [4.78, 5) is 29.3. The molecule has 0 heterocycles. The summed E-state index contributed by atoms with van der Waals surface area (Å²) in [5.41, 5.74) is 0.899. The molecule has 1 aromatic carbocycles. The number of nitrogens with zero attached hydrogens (tertiary/aromatic N) is 1. The van der Waals surface area contributed by atoms with E-state index in [1.165, 1.54) is 32.6 Å². The number of hydrogen-bond donors (Lipinski definition) is 0. The third kappa shape index (κ3) is 2.86. The van der Waals surface area contributed by atoms with E-state index in [1.54, 1.807) is 6.07 Å². The van der Waals surface area contributed by atoms with Crippen LogP contribution in [-0.2, 0) is 4.84 Å². The molecule has 1 aromatic rings. The zero-order valence-electron chi connectivity index (χ0n) is 12.7. The SMILES string of the molecule is CCCO/N=C/c1cc(OC)c2c(c1OC)C(=O)C=CC2=O. The molecule has 0 amide bonds. The number of carbonyl (C=O) groups excluding carboxylic acids is 2. The third-order valence-electron chi connectivity index (χ3n) is 3.14. The Bertz CT molecular complexity index is 661. The van der Waals surface area contributed by atoms with Crippen molar-refractivity contribution < 1.29 is 23.9 Å². The van der Waals surface area contributed by atoms with Crippen LogP contribution in [0.3, 0.4) is 0 Å². The van der Waals surface area contributed by atoms with Gasteiger partial charge in [0.15, 0.2) is 11.6 Å². The van der Waals surface area contributed by atoms with Crippen molar-refractivity contribution in [3.05, 3.63) is 34.9 Å². The second-order valence-corrected chi connectivity index (χ2v) is 4.58. The van der Waals surface area contributed by atoms with Crippen LogP contribution < -0.4 is 9.47 Å². The molecule has 0 saturated carbocycles. The van der Waals surface area contributed by atoms with Crippen LogP contribution in [0.1, 0.15) is 39.6 Å². The Morgan fingerprint density at radius 1 is 1.09 bits per heavy atom. The fourth-order valence-electron chi connectivity index (χ4n) is 2.17. The fourth-order valence-corrected chi connectivity index (χ4v) is 2.17. The summed E-state index contributed by atoms with van der Waals surface area (Å²) in [5, 5.41) is 3.83. The van der Waals surface area contributed by atoms with Gasteiger partial charge in [0.1, 0.15) is 18.1 Å². The van der Waals surface area contributed by atoms with Gasteiger partial charge in [-0.2, -0.15) is 0 Å². The first-order chi connectivity index (χ1) is 10.6. The number of rotatable bonds is 6. The number of fused-ring (bicyclic) bond motifs is 1. The Morgan fingerprint density at radius 2 is 1.77 bits per heavy atom. The maximum atomic E-state index is 12.2. The van der Waals surface area contributed by atoms with Crippen LogP contribution in [0.15, 0.2) is 23.4 Å². The molecule has 0 aliphatic heterocycles. The van der Waals surface area contributed by atoms with Crippen LogP contribution in [0.2, 0.25) is 0 Å². The Hall–Kier alpha value is -2.63. The Morgan fingerprint density at radius 3 is 2.36 bits per heavy atom. The zero-order chi connectivity index (χ0) is 16.1. The normalized spacial score (nSPS) is 13.4. The van der Waals surface area contributed by atoms with E-state index in [-0.39, 0.29) is 28.4 Å². The van der Waals surface area contributed by atoms with Crippen LogP contribution in [0.25, 0.3) is 0 Å². The Kier molecular flexibility index (Phi) is 4.93. The van der Waals surface area contributed by atoms with Gasteiger partial charge in [-0.25, -0.2) is 0 Å². The maximum absolute atomic E-state index is 12.2. The molecule has 116 valence electrons. The minimum absolute atomic E-state index is 0.186. The number of methoxy groups -OCH3 is 2. The lowest BCUT2D eigenvalue weighted by Gasteiger charge is -2.18. The van der Waals surface area contributed by atoms with Crippen molar-refractivity contribution in [1.82, 2.24) is 0 Å². The highest BCUT2D eigenvalue weighted by Crippen LogP contribution is 2.36. The van der Waals surface area contributed by atoms with Gasteiger partial charge in [-0.15, -0.1) is 0 Å². The van der Waals surface area contributed by atoms with Gasteiger partial charge in [-0.05, 0) is 24.6 Å². The van der Waals surface area contributed by atoms with E-state index in [2.05, 4.69) is 5.16 Å². The molecule has 22 heavy (non-hydrogen) atoms. The highest BCUT2D eigenvalue weighted by molar-refractivity contribution is 6.25. The summed E-state index contributed by atoms with van der Waals surface area (Å²) in [6, 6.07) is 1.60. The molecule has 0 saturated heterocycles. The Labute approximate surface area is 128 Å². The molecule has 2 rings (SSSR count). The standard InChI is InChI=1S/C16H17NO5/c1-4-7-22-17-9-10-8-13(20-2)14-11(18)5-6-12(19)15(14)16(10)21-3/h5-6,8-9H,4,7H2,1-3H3/b17-9+. The predicted molar refractivity (Wildman–Crippen MR) is 81.2 cm³/mol. The average Bonchev–Trinajstić information content (AvgIpc) is 2.53. The van der Waals surface area contributed by atoms with E-state index < -0.39 is 0 Å². The van der Waals surface area contributed by atoms with E-state index in [4.69, 9.17) is 14.3 Å². The molecule has 6 heteroatoms. The van der Waals surface area contributed by atoms with Gasteiger partial charge in [-0.3, -0.25) is 9.59 Å². The molecular formula is C16H17NO5. The molecule has 0 bridgehead atoms. The molecule has 1 aliphatic rings. The van der Waals surface area contributed by atoms with Gasteiger partial charge >= 0.3 is 0 Å². The first kappa shape index (κ1) is 15.8. The molecule has 6 nitrogen and oxygen atoms in total.